The van der Waals surface area contributed by atoms with Gasteiger partial charge in [0, 0.05) is 12.1 Å². The Hall–Kier alpha value is -2.33. The number of nitrogens with one attached hydrogen (secondary N) is 1. The van der Waals surface area contributed by atoms with Gasteiger partial charge in [0.2, 0.25) is 0 Å². The van der Waals surface area contributed by atoms with Crippen LogP contribution in [0.1, 0.15) is 41.4 Å². The Morgan fingerprint density at radius 3 is 2.20 bits per heavy atom. The molecule has 0 aliphatic carbocycles. The van der Waals surface area contributed by atoms with Gasteiger partial charge < -0.3 is 15.0 Å². The van der Waals surface area contributed by atoms with Gasteiger partial charge in [-0.3, -0.25) is 4.79 Å². The number of aryl methyl sites for hydroxylation is 1. The van der Waals surface area contributed by atoms with Crippen LogP contribution in [0.15, 0.2) is 48.5 Å². The van der Waals surface area contributed by atoms with Crippen LogP contribution >= 0.6 is 0 Å². The molecule has 0 saturated carbocycles. The van der Waals surface area contributed by atoms with Crippen molar-refractivity contribution in [1.82, 2.24) is 10.2 Å². The van der Waals surface area contributed by atoms with E-state index in [-0.39, 0.29) is 11.9 Å². The van der Waals surface area contributed by atoms with Crippen LogP contribution in [0.5, 0.6) is 5.75 Å². The summed E-state index contributed by atoms with van der Waals surface area (Å²) in [7, 11) is 4.06. The average molecular weight is 340 g/mol. The summed E-state index contributed by atoms with van der Waals surface area (Å²) >= 11 is 0. The molecule has 0 saturated heterocycles. The first-order chi connectivity index (χ1) is 12.0. The molecule has 1 unspecified atom stereocenters. The normalized spacial score (nSPS) is 12.0. The van der Waals surface area contributed by atoms with Crippen molar-refractivity contribution < 1.29 is 9.53 Å². The van der Waals surface area contributed by atoms with Crippen LogP contribution in [0.3, 0.4) is 0 Å². The van der Waals surface area contributed by atoms with Gasteiger partial charge in [0.05, 0.1) is 12.6 Å². The number of hydrogen-bond donors (Lipinski definition) is 1. The van der Waals surface area contributed by atoms with E-state index < -0.39 is 0 Å². The minimum absolute atomic E-state index is 0.0694. The summed E-state index contributed by atoms with van der Waals surface area (Å²) in [6.07, 6.45) is 1.03. The van der Waals surface area contributed by atoms with Crippen LogP contribution in [-0.2, 0) is 6.42 Å². The fourth-order valence-corrected chi connectivity index (χ4v) is 2.73. The van der Waals surface area contributed by atoms with Crippen molar-refractivity contribution in [2.45, 2.75) is 26.3 Å². The molecule has 4 heteroatoms. The van der Waals surface area contributed by atoms with E-state index >= 15 is 0 Å². The summed E-state index contributed by atoms with van der Waals surface area (Å²) in [5, 5.41) is 3.04. The number of benzene rings is 2. The lowest BCUT2D eigenvalue weighted by Crippen LogP contribution is -2.34. The molecular formula is C21H28N2O2. The number of carbonyl (C=O) groups excluding carboxylic acids is 1. The molecule has 4 nitrogen and oxygen atoms in total. The van der Waals surface area contributed by atoms with Crippen LogP contribution in [0.2, 0.25) is 0 Å². The quantitative estimate of drug-likeness (QED) is 0.797. The van der Waals surface area contributed by atoms with Gasteiger partial charge in [-0.1, -0.05) is 31.2 Å². The maximum Gasteiger partial charge on any atom is 0.251 e. The second kappa shape index (κ2) is 9.23. The molecule has 0 aliphatic rings. The number of ether oxygens (including phenoxy) is 1. The zero-order valence-electron chi connectivity index (χ0n) is 15.6. The molecule has 25 heavy (non-hydrogen) atoms. The van der Waals surface area contributed by atoms with Gasteiger partial charge in [0.15, 0.2) is 0 Å². The molecule has 0 bridgehead atoms. The number of amides is 1. The molecule has 1 atom stereocenters. The zero-order valence-corrected chi connectivity index (χ0v) is 15.6. The fourth-order valence-electron chi connectivity index (χ4n) is 2.73. The highest BCUT2D eigenvalue weighted by Gasteiger charge is 2.16. The monoisotopic (exact) mass is 340 g/mol. The van der Waals surface area contributed by atoms with Crippen molar-refractivity contribution >= 4 is 5.91 Å². The van der Waals surface area contributed by atoms with Gasteiger partial charge in [0.1, 0.15) is 5.75 Å². The molecular weight excluding hydrogens is 312 g/mol. The predicted octanol–water partition coefficient (Wildman–Crippen LogP) is 3.68. The highest BCUT2D eigenvalue weighted by atomic mass is 16.5. The second-order valence-electron chi connectivity index (χ2n) is 6.24. The third-order valence-corrected chi connectivity index (χ3v) is 4.28. The van der Waals surface area contributed by atoms with Crippen molar-refractivity contribution in [3.63, 3.8) is 0 Å². The minimum atomic E-state index is -0.0694. The Morgan fingerprint density at radius 2 is 1.68 bits per heavy atom. The molecule has 2 aromatic rings. The summed E-state index contributed by atoms with van der Waals surface area (Å²) in [6, 6.07) is 16.0. The SMILES string of the molecule is CCOc1ccc(C(=O)NCC(c2ccc(CC)cc2)N(C)C)cc1. The summed E-state index contributed by atoms with van der Waals surface area (Å²) in [5.74, 6) is 0.710. The number of carbonyl (C=O) groups is 1. The third kappa shape index (κ3) is 5.33. The predicted molar refractivity (Wildman–Crippen MR) is 102 cm³/mol. The van der Waals surface area contributed by atoms with Crippen molar-refractivity contribution in [2.75, 3.05) is 27.2 Å². The molecule has 0 aliphatic heterocycles. The molecule has 1 N–H and O–H groups in total. The molecule has 134 valence electrons. The molecule has 1 amide bonds. The van der Waals surface area contributed by atoms with E-state index in [1.165, 1.54) is 11.1 Å². The molecule has 2 rings (SSSR count). The first-order valence-electron chi connectivity index (χ1n) is 8.81. The maximum absolute atomic E-state index is 12.4. The van der Waals surface area contributed by atoms with E-state index in [1.807, 2.05) is 33.2 Å². The Labute approximate surface area is 150 Å². The first kappa shape index (κ1) is 19.0. The van der Waals surface area contributed by atoms with E-state index in [2.05, 4.69) is 41.4 Å². The van der Waals surface area contributed by atoms with E-state index in [1.54, 1.807) is 12.1 Å². The average Bonchev–Trinajstić information content (AvgIpc) is 2.63. The fraction of sp³-hybridized carbons (Fsp3) is 0.381. The van der Waals surface area contributed by atoms with Gasteiger partial charge in [-0.2, -0.15) is 0 Å². The van der Waals surface area contributed by atoms with Crippen molar-refractivity contribution in [3.05, 3.63) is 65.2 Å². The van der Waals surface area contributed by atoms with Crippen molar-refractivity contribution in [3.8, 4) is 5.75 Å². The Kier molecular flexibility index (Phi) is 7.02. The van der Waals surface area contributed by atoms with Gasteiger partial charge in [-0.05, 0) is 62.8 Å². The Bertz CT molecular complexity index is 663. The minimum Gasteiger partial charge on any atom is -0.494 e. The Balaban J connectivity index is 2.01. The van der Waals surface area contributed by atoms with Crippen LogP contribution in [0.4, 0.5) is 0 Å². The summed E-state index contributed by atoms with van der Waals surface area (Å²) in [5.41, 5.74) is 3.16. The topological polar surface area (TPSA) is 41.6 Å². The summed E-state index contributed by atoms with van der Waals surface area (Å²) in [4.78, 5) is 14.5. The van der Waals surface area contributed by atoms with Crippen molar-refractivity contribution in [2.24, 2.45) is 0 Å². The molecule has 2 aromatic carbocycles. The number of hydrogen-bond acceptors (Lipinski definition) is 3. The molecule has 0 fully saturated rings. The van der Waals surface area contributed by atoms with Gasteiger partial charge in [-0.15, -0.1) is 0 Å². The van der Waals surface area contributed by atoms with Crippen LogP contribution in [-0.4, -0.2) is 38.1 Å². The summed E-state index contributed by atoms with van der Waals surface area (Å²) < 4.78 is 5.41. The molecule has 0 aromatic heterocycles. The van der Waals surface area contributed by atoms with Gasteiger partial charge in [-0.25, -0.2) is 0 Å². The maximum atomic E-state index is 12.4. The lowest BCUT2D eigenvalue weighted by molar-refractivity contribution is 0.0942. The van der Waals surface area contributed by atoms with E-state index in [0.717, 1.165) is 12.2 Å². The lowest BCUT2D eigenvalue weighted by atomic mass is 10.0. The zero-order chi connectivity index (χ0) is 18.2. The van der Waals surface area contributed by atoms with Crippen LogP contribution < -0.4 is 10.1 Å². The molecule has 0 radical (unpaired) electrons. The largest absolute Gasteiger partial charge is 0.494 e. The lowest BCUT2D eigenvalue weighted by Gasteiger charge is -2.25. The first-order valence-corrected chi connectivity index (χ1v) is 8.81. The Morgan fingerprint density at radius 1 is 1.04 bits per heavy atom. The van der Waals surface area contributed by atoms with Gasteiger partial charge in [0.25, 0.3) is 5.91 Å². The number of likely N-dealkylation sites (N-methyl/N-ethyl adjacent to an activating group) is 1. The molecule has 0 heterocycles. The van der Waals surface area contributed by atoms with Crippen LogP contribution in [0.25, 0.3) is 0 Å². The molecule has 0 spiro atoms. The van der Waals surface area contributed by atoms with E-state index in [4.69, 9.17) is 4.74 Å². The standard InChI is InChI=1S/C21H28N2O2/c1-5-16-7-9-17(10-8-16)20(23(3)4)15-22-21(24)18-11-13-19(14-12-18)25-6-2/h7-14,20H,5-6,15H2,1-4H3,(H,22,24). The van der Waals surface area contributed by atoms with Gasteiger partial charge >= 0.3 is 0 Å². The van der Waals surface area contributed by atoms with Crippen molar-refractivity contribution in [1.29, 1.82) is 0 Å². The highest BCUT2D eigenvalue weighted by Crippen LogP contribution is 2.19. The number of rotatable bonds is 8. The smallest absolute Gasteiger partial charge is 0.251 e. The third-order valence-electron chi connectivity index (χ3n) is 4.28. The highest BCUT2D eigenvalue weighted by molar-refractivity contribution is 5.94. The van der Waals surface area contributed by atoms with Crippen LogP contribution in [0, 0.1) is 0 Å². The van der Waals surface area contributed by atoms with E-state index in [9.17, 15) is 4.79 Å². The second-order valence-corrected chi connectivity index (χ2v) is 6.24. The summed E-state index contributed by atoms with van der Waals surface area (Å²) in [6.45, 7) is 5.27. The number of nitrogens with zero attached hydrogens (tertiary/aromatic N) is 1. The van der Waals surface area contributed by atoms with E-state index in [0.29, 0.717) is 18.7 Å².